The number of benzene rings is 2. The lowest BCUT2D eigenvalue weighted by Gasteiger charge is -2.39. The first-order valence-corrected chi connectivity index (χ1v) is 13.0. The van der Waals surface area contributed by atoms with E-state index in [1.807, 2.05) is 0 Å². The van der Waals surface area contributed by atoms with Gasteiger partial charge in [-0.15, -0.1) is 0 Å². The van der Waals surface area contributed by atoms with E-state index < -0.39 is 91.0 Å². The van der Waals surface area contributed by atoms with Crippen molar-refractivity contribution in [3.63, 3.8) is 0 Å². The van der Waals surface area contributed by atoms with E-state index >= 15 is 0 Å². The monoisotopic (exact) mass is 610 g/mol. The zero-order chi connectivity index (χ0) is 31.2. The van der Waals surface area contributed by atoms with Crippen LogP contribution >= 0.6 is 0 Å². The molecule has 3 aromatic rings. The minimum Gasteiger partial charge on any atom is -0.507 e. The summed E-state index contributed by atoms with van der Waals surface area (Å²) in [6, 6.07) is 5.18. The van der Waals surface area contributed by atoms with Gasteiger partial charge in [0.2, 0.25) is 6.29 Å². The zero-order valence-corrected chi connectivity index (χ0v) is 22.1. The van der Waals surface area contributed by atoms with Crippen LogP contribution < -0.4 is 14.9 Å². The number of hydrogen-bond acceptors (Lipinski definition) is 16. The van der Waals surface area contributed by atoms with Crippen LogP contribution in [0, 0.1) is 0 Å². The molecule has 5 rings (SSSR count). The molecule has 2 aromatic carbocycles. The van der Waals surface area contributed by atoms with Gasteiger partial charge in [-0.05, 0) is 6.07 Å². The van der Waals surface area contributed by atoms with Crippen molar-refractivity contribution in [2.24, 2.45) is 0 Å². The van der Waals surface area contributed by atoms with Crippen molar-refractivity contribution < 1.29 is 74.4 Å². The van der Waals surface area contributed by atoms with E-state index in [9.17, 15) is 55.9 Å². The molecule has 16 nitrogen and oxygen atoms in total. The molecular weight excluding hydrogens is 580 g/mol. The van der Waals surface area contributed by atoms with Crippen molar-refractivity contribution >= 4 is 11.0 Å². The minimum absolute atomic E-state index is 0.0556. The number of aliphatic hydroxyl groups is 7. The van der Waals surface area contributed by atoms with Crippen LogP contribution in [0.2, 0.25) is 0 Å². The summed E-state index contributed by atoms with van der Waals surface area (Å²) in [5.74, 6) is -2.37. The molecule has 2 saturated heterocycles. The van der Waals surface area contributed by atoms with Gasteiger partial charge in [0.25, 0.3) is 0 Å². The number of fused-ring (bicyclic) bond motifs is 1. The van der Waals surface area contributed by atoms with Gasteiger partial charge in [-0.1, -0.05) is 0 Å². The van der Waals surface area contributed by atoms with Gasteiger partial charge in [0.15, 0.2) is 16.9 Å². The molecule has 0 saturated carbocycles. The van der Waals surface area contributed by atoms with Gasteiger partial charge in [0.1, 0.15) is 89.4 Å². The van der Waals surface area contributed by atoms with Gasteiger partial charge in [-0.25, -0.2) is 0 Å². The van der Waals surface area contributed by atoms with Crippen LogP contribution in [0.1, 0.15) is 0 Å². The molecule has 0 radical (unpaired) electrons. The van der Waals surface area contributed by atoms with Gasteiger partial charge in [-0.2, -0.15) is 0 Å². The number of ether oxygens (including phenoxy) is 4. The molecular formula is C27H30O16. The Kier molecular flexibility index (Phi) is 8.66. The van der Waals surface area contributed by atoms with Crippen LogP contribution in [0.4, 0.5) is 0 Å². The third-order valence-electron chi connectivity index (χ3n) is 7.24. The molecule has 16 heteroatoms. The van der Waals surface area contributed by atoms with Gasteiger partial charge in [0.05, 0.1) is 18.8 Å². The zero-order valence-electron chi connectivity index (χ0n) is 22.1. The minimum atomic E-state index is -1.76. The van der Waals surface area contributed by atoms with Crippen LogP contribution in [-0.4, -0.2) is 126 Å². The summed E-state index contributed by atoms with van der Waals surface area (Å²) >= 11 is 0. The topological polar surface area (TPSA) is 269 Å². The molecule has 0 bridgehead atoms. The number of phenols is 3. The molecule has 0 spiro atoms. The molecule has 10 N–H and O–H groups in total. The molecule has 0 aliphatic carbocycles. The highest BCUT2D eigenvalue weighted by Gasteiger charge is 2.45. The van der Waals surface area contributed by atoms with Crippen molar-refractivity contribution in [2.45, 2.75) is 55.1 Å². The second kappa shape index (κ2) is 12.1. The molecule has 2 fully saturated rings. The summed E-state index contributed by atoms with van der Waals surface area (Å²) in [6.45, 7) is -1.38. The molecule has 9 unspecified atom stereocenters. The Morgan fingerprint density at radius 3 is 2.21 bits per heavy atom. The van der Waals surface area contributed by atoms with Crippen LogP contribution in [0.25, 0.3) is 22.3 Å². The van der Waals surface area contributed by atoms with Crippen molar-refractivity contribution in [2.75, 3.05) is 19.8 Å². The lowest BCUT2D eigenvalue weighted by atomic mass is 9.99. The molecule has 2 aliphatic rings. The maximum absolute atomic E-state index is 13.0. The highest BCUT2D eigenvalue weighted by Crippen LogP contribution is 2.41. The van der Waals surface area contributed by atoms with E-state index in [1.54, 1.807) is 0 Å². The molecule has 43 heavy (non-hydrogen) atoms. The maximum atomic E-state index is 13.0. The average Bonchev–Trinajstić information content (AvgIpc) is 2.97. The van der Waals surface area contributed by atoms with Crippen molar-refractivity contribution in [3.05, 3.63) is 40.6 Å². The summed E-state index contributed by atoms with van der Waals surface area (Å²) in [5, 5.41) is 100. The smallest absolute Gasteiger partial charge is 0.229 e. The number of rotatable bonds is 7. The van der Waals surface area contributed by atoms with E-state index in [2.05, 4.69) is 0 Å². The Labute approximate surface area is 241 Å². The van der Waals surface area contributed by atoms with Crippen LogP contribution in [-0.2, 0) is 9.47 Å². The third kappa shape index (κ3) is 5.92. The average molecular weight is 611 g/mol. The summed E-state index contributed by atoms with van der Waals surface area (Å²) in [5.41, 5.74) is -1.04. The SMILES string of the molecule is O=c1cc(-c2cc(O)c(O)cc2OCC2OCC(O)C(O)C2O)oc2cc(OC3OC(CO)C(O)C(O)C3O)cc(O)c12. The van der Waals surface area contributed by atoms with Crippen LogP contribution in [0.15, 0.2) is 39.5 Å². The first-order valence-electron chi connectivity index (χ1n) is 13.0. The van der Waals surface area contributed by atoms with Gasteiger partial charge in [-0.3, -0.25) is 4.79 Å². The highest BCUT2D eigenvalue weighted by atomic mass is 16.7. The number of hydrogen-bond donors (Lipinski definition) is 10. The van der Waals surface area contributed by atoms with Crippen LogP contribution in [0.3, 0.4) is 0 Å². The van der Waals surface area contributed by atoms with E-state index in [4.69, 9.17) is 23.4 Å². The van der Waals surface area contributed by atoms with E-state index in [-0.39, 0.29) is 40.4 Å². The number of aromatic hydroxyl groups is 3. The third-order valence-corrected chi connectivity index (χ3v) is 7.24. The standard InChI is InChI=1S/C27H30O16/c28-6-19-23(35)25(37)26(38)27(43-19)41-9-1-13(31)21-14(32)5-17(42-18(21)2-9)10-3-11(29)12(30)4-16(10)40-8-20-24(36)22(34)15(33)7-39-20/h1-5,15,19-20,22-31,33-38H,6-8H2. The fraction of sp³-hybridized carbons (Fsp3) is 0.444. The second-order valence-electron chi connectivity index (χ2n) is 10.2. The van der Waals surface area contributed by atoms with Crippen molar-refractivity contribution in [3.8, 4) is 40.1 Å². The van der Waals surface area contributed by atoms with E-state index in [0.717, 1.165) is 30.3 Å². The Morgan fingerprint density at radius 1 is 0.791 bits per heavy atom. The maximum Gasteiger partial charge on any atom is 0.229 e. The summed E-state index contributed by atoms with van der Waals surface area (Å²) in [6.07, 6.45) is -13.4. The predicted molar refractivity (Wildman–Crippen MR) is 141 cm³/mol. The molecule has 234 valence electrons. The summed E-state index contributed by atoms with van der Waals surface area (Å²) in [7, 11) is 0. The fourth-order valence-corrected chi connectivity index (χ4v) is 4.80. The summed E-state index contributed by atoms with van der Waals surface area (Å²) < 4.78 is 27.7. The first-order chi connectivity index (χ1) is 20.4. The van der Waals surface area contributed by atoms with Crippen molar-refractivity contribution in [1.29, 1.82) is 0 Å². The van der Waals surface area contributed by atoms with Crippen LogP contribution in [0.5, 0.6) is 28.7 Å². The fourth-order valence-electron chi connectivity index (χ4n) is 4.80. The normalized spacial score (nSPS) is 31.2. The first kappa shape index (κ1) is 30.7. The van der Waals surface area contributed by atoms with E-state index in [0.29, 0.717) is 0 Å². The molecule has 0 amide bonds. The second-order valence-corrected chi connectivity index (χ2v) is 10.2. The van der Waals surface area contributed by atoms with Gasteiger partial charge in [0, 0.05) is 24.3 Å². The lowest BCUT2D eigenvalue weighted by molar-refractivity contribution is -0.277. The quantitative estimate of drug-likeness (QED) is 0.125. The Morgan fingerprint density at radius 2 is 1.49 bits per heavy atom. The Bertz CT molecular complexity index is 1520. The number of aliphatic hydroxyl groups excluding tert-OH is 7. The summed E-state index contributed by atoms with van der Waals surface area (Å²) in [4.78, 5) is 13.0. The van der Waals surface area contributed by atoms with Crippen molar-refractivity contribution in [1.82, 2.24) is 0 Å². The Balaban J connectivity index is 1.48. The molecule has 9 atom stereocenters. The molecule has 2 aliphatic heterocycles. The molecule has 1 aromatic heterocycles. The molecule has 3 heterocycles. The lowest BCUT2D eigenvalue weighted by Crippen LogP contribution is -2.60. The van der Waals surface area contributed by atoms with Gasteiger partial charge < -0.3 is 74.4 Å². The number of phenolic OH excluding ortho intramolecular Hbond substituents is 3. The highest BCUT2D eigenvalue weighted by molar-refractivity contribution is 5.86. The largest absolute Gasteiger partial charge is 0.507 e. The van der Waals surface area contributed by atoms with E-state index in [1.165, 1.54) is 0 Å². The predicted octanol–water partition coefficient (Wildman–Crippen LogP) is -2.38. The van der Waals surface area contributed by atoms with Gasteiger partial charge >= 0.3 is 0 Å². The Hall–Kier alpha value is -3.71.